The number of carbonyl (C=O) groups excluding carboxylic acids is 2. The molecule has 9 heteroatoms. The molecule has 4 N–H and O–H groups in total. The van der Waals surface area contributed by atoms with Crippen molar-refractivity contribution in [2.24, 2.45) is 15.8 Å². The number of isocyanates is 1. The zero-order valence-corrected chi connectivity index (χ0v) is 15.2. The van der Waals surface area contributed by atoms with E-state index in [9.17, 15) is 14.4 Å². The molecule has 9 nitrogen and oxygen atoms in total. The fourth-order valence-electron chi connectivity index (χ4n) is 0.691. The monoisotopic (exact) mass is 410 g/mol. The summed E-state index contributed by atoms with van der Waals surface area (Å²) in [4.78, 5) is 35.0. The number of amides is 1. The van der Waals surface area contributed by atoms with E-state index in [-0.39, 0.29) is 35.6 Å². The predicted molar refractivity (Wildman–Crippen MR) is 119 cm³/mol. The summed E-state index contributed by atoms with van der Waals surface area (Å²) in [7, 11) is 0. The normalized spacial score (nSPS) is 6.46. The number of aliphatic carboxylic acids is 1. The van der Waals surface area contributed by atoms with E-state index in [1.165, 1.54) is 6.08 Å². The van der Waals surface area contributed by atoms with Crippen LogP contribution in [0.5, 0.6) is 0 Å². The van der Waals surface area contributed by atoms with Crippen LogP contribution in [0.1, 0.15) is 95.9 Å². The highest BCUT2D eigenvalue weighted by Gasteiger charge is 2.00. The Kier molecular flexibility index (Phi) is 101. The summed E-state index contributed by atoms with van der Waals surface area (Å²) in [6.07, 6.45) is 5.64. The molecule has 0 unspecified atom stereocenters. The molecule has 0 saturated carbocycles. The third-order valence-electron chi connectivity index (χ3n) is 1.78. The first-order valence-electron chi connectivity index (χ1n) is 7.97. The summed E-state index contributed by atoms with van der Waals surface area (Å²) >= 11 is 0. The van der Waals surface area contributed by atoms with Gasteiger partial charge in [0.1, 0.15) is 5.53 Å². The predicted octanol–water partition coefficient (Wildman–Crippen LogP) is 5.37. The number of nitrogens with one attached hydrogen (secondary N) is 1. The smallest absolute Gasteiger partial charge is 0.330 e. The summed E-state index contributed by atoms with van der Waals surface area (Å²) in [5, 5.41) is 10.9. The highest BCUT2D eigenvalue weighted by atomic mass is 16.4. The Morgan fingerprint density at radius 3 is 1.54 bits per heavy atom. The molecule has 0 aliphatic carbocycles. The van der Waals surface area contributed by atoms with Crippen molar-refractivity contribution in [2.75, 3.05) is 13.1 Å². The highest BCUT2D eigenvalue weighted by molar-refractivity contribution is 5.75. The molecule has 0 aliphatic heterocycles. The molecule has 0 aliphatic rings. The SMILES string of the molecule is C.C.C.C.CCCC(=O)N=[N+]=N.CCCC(=O)O.CCCN.CCCN=C=O. The van der Waals surface area contributed by atoms with E-state index in [2.05, 4.69) is 21.9 Å². The Hall–Kier alpha value is -2.21. The van der Waals surface area contributed by atoms with Crippen LogP contribution in [0.25, 0.3) is 0 Å². The fraction of sp³-hybridized carbons (Fsp3) is 0.842. The van der Waals surface area contributed by atoms with Crippen molar-refractivity contribution in [3.05, 3.63) is 0 Å². The average molecular weight is 411 g/mol. The third-order valence-corrected chi connectivity index (χ3v) is 1.78. The topological polar surface area (TPSA) is 160 Å². The minimum Gasteiger partial charge on any atom is -0.481 e. The third kappa shape index (κ3) is 106. The largest absolute Gasteiger partial charge is 0.481 e. The zero-order valence-electron chi connectivity index (χ0n) is 15.2. The Labute approximate surface area is 173 Å². The van der Waals surface area contributed by atoms with Gasteiger partial charge in [-0.1, -0.05) is 57.4 Å². The van der Waals surface area contributed by atoms with E-state index in [0.717, 1.165) is 32.2 Å². The van der Waals surface area contributed by atoms with Gasteiger partial charge < -0.3 is 10.8 Å². The van der Waals surface area contributed by atoms with Crippen molar-refractivity contribution in [3.63, 3.8) is 0 Å². The molecule has 1 amide bonds. The van der Waals surface area contributed by atoms with E-state index in [4.69, 9.17) is 16.4 Å². The van der Waals surface area contributed by atoms with E-state index in [1.54, 1.807) is 0 Å². The van der Waals surface area contributed by atoms with Crippen molar-refractivity contribution in [1.29, 1.82) is 5.53 Å². The number of carbonyl (C=O) groups is 2. The molecule has 0 atom stereocenters. The van der Waals surface area contributed by atoms with Crippen LogP contribution >= 0.6 is 0 Å². The minimum atomic E-state index is -0.711. The standard InChI is InChI=1S/C4H8N3O.C4H7NO.C4H8O2.C3H9N.4CH4/c1-2-3-4(8)6-7-5;1-2-3-5-4-6;1-2-3-4(5)6;1-2-3-4;;;;/h5H,2-3H2,1H3;2-3H2,1H3;2-3H2,1H3,(H,5,6);2-4H2,1H3;4*1H4/q+1;;;;;;;. The van der Waals surface area contributed by atoms with Crippen LogP contribution in [-0.2, 0) is 14.4 Å². The van der Waals surface area contributed by atoms with Gasteiger partial charge in [0.15, 0.2) is 5.11 Å². The lowest BCUT2D eigenvalue weighted by Crippen LogP contribution is -1.93. The second kappa shape index (κ2) is 56.3. The average Bonchev–Trinajstić information content (AvgIpc) is 2.54. The molecule has 0 saturated heterocycles. The van der Waals surface area contributed by atoms with Crippen LogP contribution in [0.15, 0.2) is 10.1 Å². The van der Waals surface area contributed by atoms with Gasteiger partial charge in [0.05, 0.1) is 6.54 Å². The zero-order chi connectivity index (χ0) is 19.6. The second-order valence-electron chi connectivity index (χ2n) is 4.25. The lowest BCUT2D eigenvalue weighted by Gasteiger charge is -1.79. The fourth-order valence-corrected chi connectivity index (χ4v) is 0.691. The lowest BCUT2D eigenvalue weighted by atomic mass is 10.3. The molecule has 0 radical (unpaired) electrons. The van der Waals surface area contributed by atoms with Gasteiger partial charge in [-0.3, -0.25) is 9.59 Å². The Morgan fingerprint density at radius 1 is 0.964 bits per heavy atom. The molecular weight excluding hydrogens is 362 g/mol. The summed E-state index contributed by atoms with van der Waals surface area (Å²) < 4.78 is 0. The van der Waals surface area contributed by atoms with Gasteiger partial charge in [0.2, 0.25) is 11.0 Å². The first-order valence-corrected chi connectivity index (χ1v) is 7.97. The van der Waals surface area contributed by atoms with Crippen molar-refractivity contribution in [1.82, 2.24) is 4.91 Å². The minimum absolute atomic E-state index is 0. The second-order valence-corrected chi connectivity index (χ2v) is 4.25. The Bertz CT molecular complexity index is 373. The summed E-state index contributed by atoms with van der Waals surface area (Å²) in [5.41, 5.74) is 11.2. The molecule has 0 heterocycles. The van der Waals surface area contributed by atoms with Crippen molar-refractivity contribution < 1.29 is 19.5 Å². The van der Waals surface area contributed by atoms with E-state index in [1.807, 2.05) is 20.8 Å². The Balaban J connectivity index is -0.0000000310. The van der Waals surface area contributed by atoms with Crippen molar-refractivity contribution in [3.8, 4) is 0 Å². The summed E-state index contributed by atoms with van der Waals surface area (Å²) in [6, 6.07) is 0. The summed E-state index contributed by atoms with van der Waals surface area (Å²) in [6.45, 7) is 9.16. The van der Waals surface area contributed by atoms with Gasteiger partial charge in [-0.2, -0.15) is 0 Å². The maximum Gasteiger partial charge on any atom is 0.330 e. The van der Waals surface area contributed by atoms with Crippen LogP contribution in [0.2, 0.25) is 0 Å². The first-order chi connectivity index (χ1) is 11.4. The molecule has 0 rings (SSSR count). The number of nitrogens with two attached hydrogens (primary N) is 1. The molecular formula is C19H48N5O4+. The van der Waals surface area contributed by atoms with Crippen molar-refractivity contribution >= 4 is 18.0 Å². The van der Waals surface area contributed by atoms with Gasteiger partial charge >= 0.3 is 11.9 Å². The lowest BCUT2D eigenvalue weighted by molar-refractivity contribution is -0.137. The molecule has 0 fully saturated rings. The summed E-state index contributed by atoms with van der Waals surface area (Å²) in [5.74, 6) is -1.03. The van der Waals surface area contributed by atoms with Gasteiger partial charge in [-0.05, 0) is 32.2 Å². The quantitative estimate of drug-likeness (QED) is 0.222. The molecule has 0 aromatic rings. The molecule has 0 aromatic heterocycles. The van der Waals surface area contributed by atoms with Crippen LogP contribution in [0.4, 0.5) is 0 Å². The van der Waals surface area contributed by atoms with Crippen LogP contribution in [0, 0.1) is 5.53 Å². The number of aliphatic imine (C=N–C) groups is 1. The number of nitrogens with zero attached hydrogens (tertiary/aromatic N) is 3. The van der Waals surface area contributed by atoms with Gasteiger partial charge in [0, 0.05) is 12.8 Å². The van der Waals surface area contributed by atoms with Gasteiger partial charge in [-0.15, -0.1) is 0 Å². The number of carboxylic acid groups (broad SMARTS) is 1. The van der Waals surface area contributed by atoms with Crippen LogP contribution < -0.4 is 10.6 Å². The maximum atomic E-state index is 10.3. The molecule has 0 bridgehead atoms. The van der Waals surface area contributed by atoms with Crippen LogP contribution in [0.3, 0.4) is 0 Å². The van der Waals surface area contributed by atoms with Gasteiger partial charge in [0.25, 0.3) is 0 Å². The molecule has 172 valence electrons. The number of hydrogen-bond acceptors (Lipinski definition) is 6. The maximum absolute atomic E-state index is 10.3. The van der Waals surface area contributed by atoms with E-state index in [0.29, 0.717) is 19.4 Å². The molecule has 0 spiro atoms. The molecule has 0 aromatic carbocycles. The Morgan fingerprint density at radius 2 is 1.39 bits per heavy atom. The number of carboxylic acids is 1. The van der Waals surface area contributed by atoms with E-state index >= 15 is 0 Å². The van der Waals surface area contributed by atoms with Gasteiger partial charge in [-0.25, -0.2) is 9.79 Å². The molecule has 28 heavy (non-hydrogen) atoms. The van der Waals surface area contributed by atoms with Crippen LogP contribution in [-0.4, -0.2) is 36.2 Å². The number of hydrogen-bond donors (Lipinski definition) is 3. The first kappa shape index (κ1) is 50.1. The number of rotatable bonds is 7. The van der Waals surface area contributed by atoms with E-state index < -0.39 is 5.97 Å². The highest BCUT2D eigenvalue weighted by Crippen LogP contribution is 1.87. The van der Waals surface area contributed by atoms with Crippen molar-refractivity contribution in [2.45, 2.75) is 95.9 Å².